The fraction of sp³-hybridized carbons (Fsp3) is 0.455. The van der Waals surface area contributed by atoms with Gasteiger partial charge in [-0.3, -0.25) is 0 Å². The first kappa shape index (κ1) is 15.9. The van der Waals surface area contributed by atoms with E-state index in [4.69, 9.17) is 5.11 Å². The Morgan fingerprint density at radius 1 is 1.26 bits per heavy atom. The van der Waals surface area contributed by atoms with Crippen molar-refractivity contribution in [2.45, 2.75) is 30.7 Å². The standard InChI is InChI=1S/C11H14F3NO3S/c1-2-7(3-4-16)15-19(17,18)8-5-9(12)11(14)10(13)6-8/h5-7,15-16H,2-4H2,1H3. The van der Waals surface area contributed by atoms with Gasteiger partial charge >= 0.3 is 0 Å². The van der Waals surface area contributed by atoms with Crippen LogP contribution < -0.4 is 4.72 Å². The molecule has 1 atom stereocenters. The van der Waals surface area contributed by atoms with Crippen molar-refractivity contribution in [1.82, 2.24) is 4.72 Å². The maximum atomic E-state index is 13.0. The smallest absolute Gasteiger partial charge is 0.241 e. The Balaban J connectivity index is 3.07. The van der Waals surface area contributed by atoms with Crippen LogP contribution in [0, 0.1) is 17.5 Å². The maximum absolute atomic E-state index is 13.0. The minimum absolute atomic E-state index is 0.169. The highest BCUT2D eigenvalue weighted by Gasteiger charge is 2.22. The third-order valence-corrected chi connectivity index (χ3v) is 4.06. The molecule has 0 aliphatic heterocycles. The lowest BCUT2D eigenvalue weighted by atomic mass is 10.2. The molecule has 8 heteroatoms. The van der Waals surface area contributed by atoms with Gasteiger partial charge in [-0.2, -0.15) is 0 Å². The molecule has 0 amide bonds. The molecule has 1 aromatic carbocycles. The Bertz CT molecular complexity index is 525. The van der Waals surface area contributed by atoms with Crippen molar-refractivity contribution in [2.24, 2.45) is 0 Å². The van der Waals surface area contributed by atoms with Crippen LogP contribution in [0.2, 0.25) is 0 Å². The van der Waals surface area contributed by atoms with Crippen LogP contribution in [0.5, 0.6) is 0 Å². The van der Waals surface area contributed by atoms with Crippen LogP contribution in [0.1, 0.15) is 19.8 Å². The van der Waals surface area contributed by atoms with Crippen molar-refractivity contribution in [1.29, 1.82) is 0 Å². The van der Waals surface area contributed by atoms with Crippen LogP contribution in [0.3, 0.4) is 0 Å². The van der Waals surface area contributed by atoms with E-state index in [1.807, 2.05) is 0 Å². The molecule has 108 valence electrons. The molecular weight excluding hydrogens is 283 g/mol. The third kappa shape index (κ3) is 3.92. The zero-order valence-electron chi connectivity index (χ0n) is 10.2. The Hall–Kier alpha value is -1.12. The summed E-state index contributed by atoms with van der Waals surface area (Å²) in [6.07, 6.45) is 0.563. The molecule has 0 aliphatic carbocycles. The normalized spacial score (nSPS) is 13.5. The number of halogens is 3. The van der Waals surface area contributed by atoms with E-state index < -0.39 is 38.4 Å². The summed E-state index contributed by atoms with van der Waals surface area (Å²) in [5.41, 5.74) is 0. The zero-order valence-corrected chi connectivity index (χ0v) is 11.0. The zero-order chi connectivity index (χ0) is 14.6. The van der Waals surface area contributed by atoms with E-state index in [0.29, 0.717) is 18.6 Å². The highest BCUT2D eigenvalue weighted by molar-refractivity contribution is 7.89. The van der Waals surface area contributed by atoms with Gasteiger partial charge in [-0.15, -0.1) is 0 Å². The summed E-state index contributed by atoms with van der Waals surface area (Å²) in [6, 6.07) is 0.255. The third-order valence-electron chi connectivity index (χ3n) is 2.56. The van der Waals surface area contributed by atoms with Crippen molar-refractivity contribution in [3.8, 4) is 0 Å². The van der Waals surface area contributed by atoms with Gasteiger partial charge in [0.05, 0.1) is 4.90 Å². The minimum Gasteiger partial charge on any atom is -0.396 e. The summed E-state index contributed by atoms with van der Waals surface area (Å²) in [7, 11) is -4.16. The number of benzene rings is 1. The van der Waals surface area contributed by atoms with Crippen LogP contribution in [0.4, 0.5) is 13.2 Å². The van der Waals surface area contributed by atoms with Gasteiger partial charge in [-0.05, 0) is 25.0 Å². The van der Waals surface area contributed by atoms with Gasteiger partial charge in [-0.25, -0.2) is 26.3 Å². The van der Waals surface area contributed by atoms with E-state index in [1.54, 1.807) is 6.92 Å². The lowest BCUT2D eigenvalue weighted by Crippen LogP contribution is -2.35. The molecule has 0 heterocycles. The lowest BCUT2D eigenvalue weighted by molar-refractivity contribution is 0.270. The molecule has 4 nitrogen and oxygen atoms in total. The summed E-state index contributed by atoms with van der Waals surface area (Å²) in [5, 5.41) is 8.76. The first-order valence-corrected chi connectivity index (χ1v) is 7.07. The molecule has 2 N–H and O–H groups in total. The second-order valence-corrected chi connectivity index (χ2v) is 5.65. The molecule has 0 spiro atoms. The summed E-state index contributed by atoms with van der Waals surface area (Å²) < 4.78 is 64.6. The number of nitrogens with one attached hydrogen (secondary N) is 1. The van der Waals surface area contributed by atoms with Gasteiger partial charge in [0.2, 0.25) is 10.0 Å². The second kappa shape index (κ2) is 6.36. The number of rotatable bonds is 6. The molecular formula is C11H14F3NO3S. The number of sulfonamides is 1. The molecule has 1 rings (SSSR count). The Labute approximate surface area is 109 Å². The molecule has 0 aromatic heterocycles. The van der Waals surface area contributed by atoms with Crippen LogP contribution in [0.25, 0.3) is 0 Å². The van der Waals surface area contributed by atoms with E-state index >= 15 is 0 Å². The van der Waals surface area contributed by atoms with Crippen LogP contribution in [0.15, 0.2) is 17.0 Å². The van der Waals surface area contributed by atoms with Crippen molar-refractivity contribution < 1.29 is 26.7 Å². The molecule has 19 heavy (non-hydrogen) atoms. The second-order valence-electron chi connectivity index (χ2n) is 3.94. The average molecular weight is 297 g/mol. The van der Waals surface area contributed by atoms with Crippen molar-refractivity contribution >= 4 is 10.0 Å². The molecule has 0 saturated carbocycles. The van der Waals surface area contributed by atoms with Crippen molar-refractivity contribution in [3.63, 3.8) is 0 Å². The minimum atomic E-state index is -4.16. The first-order valence-electron chi connectivity index (χ1n) is 5.59. The number of hydrogen-bond acceptors (Lipinski definition) is 3. The lowest BCUT2D eigenvalue weighted by Gasteiger charge is -2.16. The number of aliphatic hydroxyl groups excluding tert-OH is 1. The van der Waals surface area contributed by atoms with Gasteiger partial charge in [0, 0.05) is 12.6 Å². The fourth-order valence-electron chi connectivity index (χ4n) is 1.48. The maximum Gasteiger partial charge on any atom is 0.241 e. The summed E-state index contributed by atoms with van der Waals surface area (Å²) in [4.78, 5) is -0.694. The summed E-state index contributed by atoms with van der Waals surface area (Å²) in [5.74, 6) is -4.87. The molecule has 0 saturated heterocycles. The molecule has 1 aromatic rings. The molecule has 0 aliphatic rings. The average Bonchev–Trinajstić information content (AvgIpc) is 2.34. The van der Waals surface area contributed by atoms with Crippen LogP contribution in [-0.2, 0) is 10.0 Å². The van der Waals surface area contributed by atoms with Crippen molar-refractivity contribution in [3.05, 3.63) is 29.6 Å². The predicted octanol–water partition coefficient (Wildman–Crippen LogP) is 1.54. The molecule has 0 bridgehead atoms. The molecule has 1 unspecified atom stereocenters. The predicted molar refractivity (Wildman–Crippen MR) is 62.4 cm³/mol. The Morgan fingerprint density at radius 2 is 1.79 bits per heavy atom. The van der Waals surface area contributed by atoms with E-state index in [9.17, 15) is 21.6 Å². The van der Waals surface area contributed by atoms with Crippen LogP contribution in [-0.4, -0.2) is 26.2 Å². The quantitative estimate of drug-likeness (QED) is 0.783. The molecule has 0 fully saturated rings. The number of aliphatic hydroxyl groups is 1. The van der Waals surface area contributed by atoms with E-state index in [2.05, 4.69) is 4.72 Å². The molecule has 0 radical (unpaired) electrons. The Morgan fingerprint density at radius 3 is 2.21 bits per heavy atom. The summed E-state index contributed by atoms with van der Waals surface area (Å²) >= 11 is 0. The van der Waals surface area contributed by atoms with Crippen molar-refractivity contribution in [2.75, 3.05) is 6.61 Å². The van der Waals surface area contributed by atoms with Gasteiger partial charge in [-0.1, -0.05) is 6.92 Å². The first-order chi connectivity index (χ1) is 8.81. The van der Waals surface area contributed by atoms with Gasteiger partial charge in [0.25, 0.3) is 0 Å². The van der Waals surface area contributed by atoms with Crippen LogP contribution >= 0.6 is 0 Å². The Kier molecular flexibility index (Phi) is 5.33. The monoisotopic (exact) mass is 297 g/mol. The van der Waals surface area contributed by atoms with Gasteiger partial charge in [0.15, 0.2) is 17.5 Å². The van der Waals surface area contributed by atoms with E-state index in [-0.39, 0.29) is 13.0 Å². The largest absolute Gasteiger partial charge is 0.396 e. The summed E-state index contributed by atoms with van der Waals surface area (Å²) in [6.45, 7) is 1.46. The number of hydrogen-bond donors (Lipinski definition) is 2. The highest BCUT2D eigenvalue weighted by Crippen LogP contribution is 2.18. The highest BCUT2D eigenvalue weighted by atomic mass is 32.2. The fourth-order valence-corrected chi connectivity index (χ4v) is 2.85. The van der Waals surface area contributed by atoms with E-state index in [1.165, 1.54) is 0 Å². The van der Waals surface area contributed by atoms with Gasteiger partial charge < -0.3 is 5.11 Å². The van der Waals surface area contributed by atoms with E-state index in [0.717, 1.165) is 0 Å². The van der Waals surface area contributed by atoms with Gasteiger partial charge in [0.1, 0.15) is 0 Å². The topological polar surface area (TPSA) is 66.4 Å². The SMILES string of the molecule is CCC(CCO)NS(=O)(=O)c1cc(F)c(F)c(F)c1.